The van der Waals surface area contributed by atoms with Crippen molar-refractivity contribution in [2.75, 3.05) is 0 Å². The lowest BCUT2D eigenvalue weighted by molar-refractivity contribution is 0.473. The van der Waals surface area contributed by atoms with Gasteiger partial charge in [0.05, 0.1) is 0 Å². The van der Waals surface area contributed by atoms with Crippen LogP contribution in [0.25, 0.3) is 22.3 Å². The molecule has 0 saturated heterocycles. The molecule has 0 heterocycles. The molecule has 0 aromatic heterocycles. The second-order valence-electron chi connectivity index (χ2n) is 20.0. The maximum atomic E-state index is 2.64. The molecule has 5 aromatic rings. The molecule has 0 unspecified atom stereocenters. The van der Waals surface area contributed by atoms with Crippen LogP contribution in [0.3, 0.4) is 0 Å². The normalized spacial score (nSPS) is 21.8. The average molecular weight is 827 g/mol. The van der Waals surface area contributed by atoms with Gasteiger partial charge in [-0.25, -0.2) is 0 Å². The van der Waals surface area contributed by atoms with Crippen LogP contribution in [0.1, 0.15) is 162 Å². The van der Waals surface area contributed by atoms with E-state index in [4.69, 9.17) is 0 Å². The van der Waals surface area contributed by atoms with Crippen molar-refractivity contribution in [3.05, 3.63) is 155 Å². The molecular formula is C58H68P2. The molecule has 6 aliphatic carbocycles. The second kappa shape index (κ2) is 17.3. The molecule has 0 aliphatic heterocycles. The van der Waals surface area contributed by atoms with Gasteiger partial charge in [0.2, 0.25) is 0 Å². The number of benzene rings is 5. The van der Waals surface area contributed by atoms with Gasteiger partial charge in [0, 0.05) is 10.3 Å². The molecule has 310 valence electrons. The van der Waals surface area contributed by atoms with Crippen molar-refractivity contribution in [3.63, 3.8) is 0 Å². The first-order chi connectivity index (χ1) is 29.8. The average Bonchev–Trinajstić information content (AvgIpc) is 3.76. The van der Waals surface area contributed by atoms with Gasteiger partial charge in [0.1, 0.15) is 0 Å². The lowest BCUT2D eigenvalue weighted by Crippen LogP contribution is -2.38. The van der Waals surface area contributed by atoms with Crippen LogP contribution >= 0.6 is 15.8 Å². The molecule has 4 fully saturated rings. The number of hydrogen-bond donors (Lipinski definition) is 0. The summed E-state index contributed by atoms with van der Waals surface area (Å²) in [5, 5.41) is 0.0809. The Bertz CT molecular complexity index is 1970. The molecule has 5 aromatic carbocycles. The molecule has 11 rings (SSSR count). The summed E-state index contributed by atoms with van der Waals surface area (Å²) in [6.07, 6.45) is 31.0. The van der Waals surface area contributed by atoms with E-state index in [0.717, 1.165) is 35.5 Å². The van der Waals surface area contributed by atoms with Gasteiger partial charge in [0.25, 0.3) is 0 Å². The summed E-state index contributed by atoms with van der Waals surface area (Å²) in [6.45, 7) is 0. The zero-order chi connectivity index (χ0) is 39.9. The summed E-state index contributed by atoms with van der Waals surface area (Å²) >= 11 is 0. The minimum Gasteiger partial charge on any atom is -0.0843 e. The highest BCUT2D eigenvalue weighted by molar-refractivity contribution is 7.61. The third kappa shape index (κ3) is 6.75. The maximum absolute atomic E-state index is 2.64. The van der Waals surface area contributed by atoms with Crippen LogP contribution in [-0.4, -0.2) is 22.6 Å². The van der Waals surface area contributed by atoms with Gasteiger partial charge in [0.15, 0.2) is 0 Å². The van der Waals surface area contributed by atoms with E-state index < -0.39 is 0 Å². The Balaban J connectivity index is 1.12. The molecule has 0 radical (unpaired) electrons. The van der Waals surface area contributed by atoms with Crippen molar-refractivity contribution >= 4 is 15.8 Å². The molecule has 4 saturated carbocycles. The first kappa shape index (κ1) is 39.8. The van der Waals surface area contributed by atoms with Gasteiger partial charge in [-0.15, -0.1) is 0 Å². The van der Waals surface area contributed by atoms with E-state index >= 15 is 0 Å². The van der Waals surface area contributed by atoms with Gasteiger partial charge in [-0.05, 0) is 142 Å². The topological polar surface area (TPSA) is 0 Å². The fraction of sp³-hybridized carbons (Fsp3) is 0.483. The van der Waals surface area contributed by atoms with Crippen LogP contribution < -0.4 is 0 Å². The lowest BCUT2D eigenvalue weighted by atomic mass is 9.83. The predicted octanol–water partition coefficient (Wildman–Crippen LogP) is 16.9. The Morgan fingerprint density at radius 3 is 0.800 bits per heavy atom. The maximum Gasteiger partial charge on any atom is 0.0458 e. The van der Waals surface area contributed by atoms with Gasteiger partial charge in [-0.3, -0.25) is 0 Å². The summed E-state index contributed by atoms with van der Waals surface area (Å²) in [5.41, 5.74) is 19.6. The fourth-order valence-electron chi connectivity index (χ4n) is 14.5. The summed E-state index contributed by atoms with van der Waals surface area (Å²) in [4.78, 5) is 0. The monoisotopic (exact) mass is 826 g/mol. The highest BCUT2D eigenvalue weighted by atomic mass is 31.1. The van der Waals surface area contributed by atoms with Crippen molar-refractivity contribution in [1.82, 2.24) is 0 Å². The third-order valence-electron chi connectivity index (χ3n) is 16.8. The quantitative estimate of drug-likeness (QED) is 0.123. The van der Waals surface area contributed by atoms with E-state index in [2.05, 4.69) is 121 Å². The van der Waals surface area contributed by atoms with Crippen LogP contribution in [0.2, 0.25) is 0 Å². The standard InChI is InChI=1S/C58H68P2/c1-5-25-45(26-6-1)59(46-27-7-2-8-28-46)57(53-37-19-15-33-49(53)50-34-16-20-38-54(50)57)41-43-23-13-14-24-44(43)42-58(55-39-21-17-35-51(55)52-36-18-22-40-56(52)58)60(47-29-9-3-10-30-47)48-31-11-4-12-32-48/h13-24,33-40,45-48H,1-12,25-32,41-42H2. The highest BCUT2D eigenvalue weighted by Gasteiger charge is 2.56. The van der Waals surface area contributed by atoms with Crippen LogP contribution in [0.5, 0.6) is 0 Å². The van der Waals surface area contributed by atoms with Crippen LogP contribution in [0, 0.1) is 0 Å². The van der Waals surface area contributed by atoms with Crippen LogP contribution in [-0.2, 0) is 23.2 Å². The lowest BCUT2D eigenvalue weighted by Gasteiger charge is -2.51. The Hall–Kier alpha value is -3.04. The zero-order valence-corrected chi connectivity index (χ0v) is 38.1. The molecule has 2 heteroatoms. The fourth-order valence-corrected chi connectivity index (χ4v) is 24.4. The van der Waals surface area contributed by atoms with E-state index in [9.17, 15) is 0 Å². The van der Waals surface area contributed by atoms with Gasteiger partial charge in [-0.1, -0.05) is 214 Å². The van der Waals surface area contributed by atoms with E-state index in [0.29, 0.717) is 0 Å². The molecule has 0 nitrogen and oxygen atoms in total. The van der Waals surface area contributed by atoms with Crippen molar-refractivity contribution in [2.24, 2.45) is 0 Å². The van der Waals surface area contributed by atoms with Gasteiger partial charge >= 0.3 is 0 Å². The molecule has 0 spiro atoms. The highest BCUT2D eigenvalue weighted by Crippen LogP contribution is 2.76. The first-order valence-electron chi connectivity index (χ1n) is 24.8. The molecule has 0 N–H and O–H groups in total. The van der Waals surface area contributed by atoms with E-state index in [1.807, 2.05) is 0 Å². The number of fused-ring (bicyclic) bond motifs is 6. The minimum atomic E-state index is -0.333. The Morgan fingerprint density at radius 1 is 0.300 bits per heavy atom. The van der Waals surface area contributed by atoms with Gasteiger partial charge < -0.3 is 0 Å². The van der Waals surface area contributed by atoms with Crippen LogP contribution in [0.15, 0.2) is 121 Å². The summed E-state index contributed by atoms with van der Waals surface area (Å²) < 4.78 is 0. The Morgan fingerprint density at radius 2 is 0.533 bits per heavy atom. The number of rotatable bonds is 10. The molecule has 0 atom stereocenters. The van der Waals surface area contributed by atoms with Crippen molar-refractivity contribution in [1.29, 1.82) is 0 Å². The van der Waals surface area contributed by atoms with E-state index in [1.165, 1.54) is 151 Å². The molecular weight excluding hydrogens is 759 g/mol. The minimum absolute atomic E-state index is 0.0404. The smallest absolute Gasteiger partial charge is 0.0458 e. The summed E-state index contributed by atoms with van der Waals surface area (Å²) in [5.74, 6) is 0. The third-order valence-corrected chi connectivity index (χ3v) is 25.1. The summed E-state index contributed by atoms with van der Waals surface area (Å²) in [7, 11) is -0.666. The van der Waals surface area contributed by atoms with E-state index in [-0.39, 0.29) is 26.2 Å². The second-order valence-corrected chi connectivity index (χ2v) is 26.1. The van der Waals surface area contributed by atoms with Crippen molar-refractivity contribution in [3.8, 4) is 22.3 Å². The molecule has 60 heavy (non-hydrogen) atoms. The molecule has 0 amide bonds. The zero-order valence-electron chi connectivity index (χ0n) is 36.3. The first-order valence-corrected chi connectivity index (χ1v) is 27.8. The molecule has 6 aliphatic rings. The van der Waals surface area contributed by atoms with Gasteiger partial charge in [-0.2, -0.15) is 0 Å². The largest absolute Gasteiger partial charge is 0.0843 e. The van der Waals surface area contributed by atoms with Crippen molar-refractivity contribution < 1.29 is 0 Å². The number of hydrogen-bond acceptors (Lipinski definition) is 0. The van der Waals surface area contributed by atoms with E-state index in [1.54, 1.807) is 33.4 Å². The predicted molar refractivity (Wildman–Crippen MR) is 260 cm³/mol. The molecule has 0 bridgehead atoms. The van der Waals surface area contributed by atoms with Crippen LogP contribution in [0.4, 0.5) is 0 Å². The summed E-state index contributed by atoms with van der Waals surface area (Å²) in [6, 6.07) is 49.6. The Kier molecular flexibility index (Phi) is 11.4. The van der Waals surface area contributed by atoms with Crippen molar-refractivity contribution in [2.45, 2.75) is 174 Å². The SMILES string of the molecule is c1ccc(CC2(P(C3CCCCC3)C3CCCCC3)c3ccccc3-c3ccccc32)c(CC2(P(C3CCCCC3)C3CCCCC3)c3ccccc3-c3ccccc32)c1. The Labute approximate surface area is 365 Å².